The molecule has 4 atom stereocenters. The predicted molar refractivity (Wildman–Crippen MR) is 118 cm³/mol. The molecule has 0 saturated carbocycles. The lowest BCUT2D eigenvalue weighted by molar-refractivity contribution is -0.139. The molecule has 1 unspecified atom stereocenters. The van der Waals surface area contributed by atoms with Crippen molar-refractivity contribution in [3.63, 3.8) is 0 Å². The maximum absolute atomic E-state index is 15.5. The Kier molecular flexibility index (Phi) is 5.51. The molecule has 2 heterocycles. The molecule has 0 radical (unpaired) electrons. The fourth-order valence-corrected chi connectivity index (χ4v) is 5.60. The zero-order valence-electron chi connectivity index (χ0n) is 17.6. The highest BCUT2D eigenvalue weighted by molar-refractivity contribution is 6.31. The van der Waals surface area contributed by atoms with E-state index in [4.69, 9.17) is 23.2 Å². The highest BCUT2D eigenvalue weighted by atomic mass is 35.5. The zero-order chi connectivity index (χ0) is 23.6. The molecule has 9 heteroatoms. The predicted octanol–water partition coefficient (Wildman–Crippen LogP) is 5.11. The molecule has 4 rings (SSSR count). The van der Waals surface area contributed by atoms with Crippen molar-refractivity contribution in [2.75, 3.05) is 5.32 Å². The molecule has 170 valence electrons. The van der Waals surface area contributed by atoms with Gasteiger partial charge in [0.05, 0.1) is 5.02 Å². The van der Waals surface area contributed by atoms with Crippen LogP contribution in [-0.4, -0.2) is 29.1 Å². The topological polar surface area (TPSA) is 78.4 Å². The van der Waals surface area contributed by atoms with Gasteiger partial charge in [-0.1, -0.05) is 56.1 Å². The van der Waals surface area contributed by atoms with Crippen LogP contribution in [0.2, 0.25) is 10.0 Å². The smallest absolute Gasteiger partial charge is 0.321 e. The van der Waals surface area contributed by atoms with Gasteiger partial charge in [0, 0.05) is 28.2 Å². The Balaban J connectivity index is 2.08. The van der Waals surface area contributed by atoms with Gasteiger partial charge in [0.1, 0.15) is 23.1 Å². The highest BCUT2D eigenvalue weighted by Crippen LogP contribution is 2.57. The first-order valence-electron chi connectivity index (χ1n) is 10.1. The Labute approximate surface area is 194 Å². The van der Waals surface area contributed by atoms with Crippen molar-refractivity contribution in [2.24, 2.45) is 5.41 Å². The number of halogens is 4. The SMILES string of the molecule is CC(C)(C)C[C@@H]1N[C@@H](C(=O)O)[C@H](c2cccc(Cl)c2F)C12C(=O)Nc1cc(Cl)cc(F)c12. The second kappa shape index (κ2) is 7.68. The van der Waals surface area contributed by atoms with E-state index in [2.05, 4.69) is 10.6 Å². The minimum absolute atomic E-state index is 0.0122. The molecule has 1 spiro atoms. The van der Waals surface area contributed by atoms with E-state index in [9.17, 15) is 14.7 Å². The van der Waals surface area contributed by atoms with Crippen LogP contribution in [0.5, 0.6) is 0 Å². The molecule has 2 aromatic rings. The first-order chi connectivity index (χ1) is 14.9. The average Bonchev–Trinajstić information content (AvgIpc) is 3.13. The lowest BCUT2D eigenvalue weighted by Crippen LogP contribution is -2.50. The molecule has 2 aliphatic heterocycles. The number of carbonyl (C=O) groups excluding carboxylic acids is 1. The van der Waals surface area contributed by atoms with Crippen LogP contribution in [0.3, 0.4) is 0 Å². The van der Waals surface area contributed by atoms with Crippen LogP contribution < -0.4 is 10.6 Å². The second-order valence-corrected chi connectivity index (χ2v) is 10.4. The van der Waals surface area contributed by atoms with Crippen molar-refractivity contribution in [3.8, 4) is 0 Å². The third-order valence-corrected chi connectivity index (χ3v) is 6.76. The summed E-state index contributed by atoms with van der Waals surface area (Å²) in [7, 11) is 0. The van der Waals surface area contributed by atoms with E-state index >= 15 is 8.78 Å². The number of hydrogen-bond acceptors (Lipinski definition) is 3. The fourth-order valence-electron chi connectivity index (χ4n) is 5.22. The summed E-state index contributed by atoms with van der Waals surface area (Å²) in [5, 5.41) is 15.6. The Morgan fingerprint density at radius 2 is 1.91 bits per heavy atom. The standard InChI is InChI=1S/C23H22Cl2F2N2O3/c1-22(2,3)9-15-23(17-13(26)7-10(24)8-14(17)28-21(23)32)16(19(29-15)20(30)31)11-5-4-6-12(25)18(11)27/h4-8,15-16,19,29H,9H2,1-3H3,(H,28,32)(H,30,31)/t15-,16-,19+,23?/m0/s1. The Bertz CT molecular complexity index is 1130. The lowest BCUT2D eigenvalue weighted by Gasteiger charge is -2.37. The number of carbonyl (C=O) groups is 2. The van der Waals surface area contributed by atoms with Crippen LogP contribution in [0.25, 0.3) is 0 Å². The number of amides is 1. The molecule has 1 fully saturated rings. The van der Waals surface area contributed by atoms with Crippen molar-refractivity contribution < 1.29 is 23.5 Å². The summed E-state index contributed by atoms with van der Waals surface area (Å²) in [6, 6.07) is 4.54. The Morgan fingerprint density at radius 1 is 1.22 bits per heavy atom. The van der Waals surface area contributed by atoms with E-state index in [1.165, 1.54) is 24.3 Å². The zero-order valence-corrected chi connectivity index (χ0v) is 19.1. The van der Waals surface area contributed by atoms with Gasteiger partial charge in [-0.05, 0) is 35.6 Å². The number of hydrogen-bond donors (Lipinski definition) is 3. The molecule has 3 N–H and O–H groups in total. The average molecular weight is 483 g/mol. The van der Waals surface area contributed by atoms with Crippen molar-refractivity contribution >= 4 is 40.8 Å². The highest BCUT2D eigenvalue weighted by Gasteiger charge is 2.67. The van der Waals surface area contributed by atoms with Gasteiger partial charge in [0.2, 0.25) is 5.91 Å². The van der Waals surface area contributed by atoms with Gasteiger partial charge in [-0.15, -0.1) is 0 Å². The van der Waals surface area contributed by atoms with Crippen LogP contribution in [0, 0.1) is 17.0 Å². The molecule has 2 aromatic carbocycles. The molecule has 0 aliphatic carbocycles. The largest absolute Gasteiger partial charge is 0.480 e. The van der Waals surface area contributed by atoms with E-state index in [-0.39, 0.29) is 32.3 Å². The van der Waals surface area contributed by atoms with Crippen molar-refractivity contribution in [1.82, 2.24) is 5.32 Å². The quantitative estimate of drug-likeness (QED) is 0.568. The number of benzene rings is 2. The number of aliphatic carboxylic acids is 1. The summed E-state index contributed by atoms with van der Waals surface area (Å²) >= 11 is 12.0. The minimum atomic E-state index is -1.73. The third kappa shape index (κ3) is 3.38. The van der Waals surface area contributed by atoms with Crippen LogP contribution >= 0.6 is 23.2 Å². The third-order valence-electron chi connectivity index (χ3n) is 6.25. The molecule has 1 amide bonds. The normalized spacial score (nSPS) is 27.0. The summed E-state index contributed by atoms with van der Waals surface area (Å²) in [6.07, 6.45) is 0.324. The van der Waals surface area contributed by atoms with Crippen LogP contribution in [-0.2, 0) is 15.0 Å². The summed E-state index contributed by atoms with van der Waals surface area (Å²) < 4.78 is 30.7. The molecule has 0 aromatic heterocycles. The van der Waals surface area contributed by atoms with Gasteiger partial charge in [-0.25, -0.2) is 8.78 Å². The summed E-state index contributed by atoms with van der Waals surface area (Å²) in [5.74, 6) is -4.74. The number of carboxylic acid groups (broad SMARTS) is 1. The number of anilines is 1. The van der Waals surface area contributed by atoms with E-state index in [1.807, 2.05) is 20.8 Å². The molecule has 1 saturated heterocycles. The van der Waals surface area contributed by atoms with Gasteiger partial charge in [0.15, 0.2) is 0 Å². The van der Waals surface area contributed by atoms with Crippen LogP contribution in [0.15, 0.2) is 30.3 Å². The maximum atomic E-state index is 15.5. The number of nitrogens with one attached hydrogen (secondary N) is 2. The van der Waals surface area contributed by atoms with Gasteiger partial charge in [0.25, 0.3) is 0 Å². The maximum Gasteiger partial charge on any atom is 0.321 e. The van der Waals surface area contributed by atoms with Crippen molar-refractivity contribution in [2.45, 2.75) is 50.6 Å². The molecular weight excluding hydrogens is 461 g/mol. The molecular formula is C23H22Cl2F2N2O3. The molecule has 2 aliphatic rings. The number of fused-ring (bicyclic) bond motifs is 2. The molecule has 5 nitrogen and oxygen atoms in total. The van der Waals surface area contributed by atoms with Crippen LogP contribution in [0.1, 0.15) is 44.2 Å². The number of rotatable bonds is 3. The Morgan fingerprint density at radius 3 is 2.53 bits per heavy atom. The summed E-state index contributed by atoms with van der Waals surface area (Å²) in [5.41, 5.74) is -2.01. The first kappa shape index (κ1) is 23.0. The Hall–Kier alpha value is -2.22. The van der Waals surface area contributed by atoms with Gasteiger partial charge < -0.3 is 10.4 Å². The van der Waals surface area contributed by atoms with Crippen LogP contribution in [0.4, 0.5) is 14.5 Å². The van der Waals surface area contributed by atoms with E-state index < -0.39 is 46.9 Å². The second-order valence-electron chi connectivity index (χ2n) is 9.55. The number of carboxylic acids is 1. The van der Waals surface area contributed by atoms with Gasteiger partial charge >= 0.3 is 5.97 Å². The molecule has 0 bridgehead atoms. The van der Waals surface area contributed by atoms with E-state index in [0.717, 1.165) is 6.07 Å². The lowest BCUT2D eigenvalue weighted by atomic mass is 9.62. The van der Waals surface area contributed by atoms with E-state index in [0.29, 0.717) is 6.42 Å². The fraction of sp³-hybridized carbons (Fsp3) is 0.391. The van der Waals surface area contributed by atoms with Gasteiger partial charge in [-0.3, -0.25) is 14.9 Å². The van der Waals surface area contributed by atoms with E-state index in [1.54, 1.807) is 0 Å². The molecule has 32 heavy (non-hydrogen) atoms. The van der Waals surface area contributed by atoms with Crippen molar-refractivity contribution in [1.29, 1.82) is 0 Å². The van der Waals surface area contributed by atoms with Gasteiger partial charge in [-0.2, -0.15) is 0 Å². The minimum Gasteiger partial charge on any atom is -0.480 e. The van der Waals surface area contributed by atoms with Crippen molar-refractivity contribution in [3.05, 3.63) is 63.1 Å². The summed E-state index contributed by atoms with van der Waals surface area (Å²) in [4.78, 5) is 26.0. The monoisotopic (exact) mass is 482 g/mol. The summed E-state index contributed by atoms with van der Waals surface area (Å²) in [6.45, 7) is 5.78. The first-order valence-corrected chi connectivity index (χ1v) is 10.9.